The van der Waals surface area contributed by atoms with Crippen molar-refractivity contribution in [2.24, 2.45) is 0 Å². The molecule has 4 aromatic heterocycles. The van der Waals surface area contributed by atoms with Gasteiger partial charge >= 0.3 is 0 Å². The van der Waals surface area contributed by atoms with E-state index in [0.717, 1.165) is 66.6 Å². The van der Waals surface area contributed by atoms with Crippen LogP contribution >= 0.6 is 0 Å². The lowest BCUT2D eigenvalue weighted by Crippen LogP contribution is -2.46. The summed E-state index contributed by atoms with van der Waals surface area (Å²) in [5, 5.41) is 4.28. The van der Waals surface area contributed by atoms with E-state index in [-0.39, 0.29) is 0 Å². The summed E-state index contributed by atoms with van der Waals surface area (Å²) in [6.45, 7) is 14.0. The summed E-state index contributed by atoms with van der Waals surface area (Å²) in [6, 6.07) is 8.19. The summed E-state index contributed by atoms with van der Waals surface area (Å²) in [4.78, 5) is 23.6. The first-order valence-corrected chi connectivity index (χ1v) is 11.4. The number of likely N-dealkylation sites (N-methyl/N-ethyl adjacent to an activating group) is 1. The number of hydrogen-bond donors (Lipinski definition) is 1. The van der Waals surface area contributed by atoms with Gasteiger partial charge in [0.2, 0.25) is 5.95 Å². The molecule has 8 nitrogen and oxygen atoms in total. The molecule has 0 saturated carbocycles. The highest BCUT2D eigenvalue weighted by molar-refractivity contribution is 5.79. The molecule has 0 bridgehead atoms. The van der Waals surface area contributed by atoms with Gasteiger partial charge in [-0.05, 0) is 43.7 Å². The minimum Gasteiger partial charge on any atom is -0.368 e. The van der Waals surface area contributed by atoms with Gasteiger partial charge in [-0.3, -0.25) is 4.40 Å². The van der Waals surface area contributed by atoms with Crippen LogP contribution in [-0.4, -0.2) is 62.0 Å². The topological polar surface area (TPSA) is 74.5 Å². The van der Waals surface area contributed by atoms with Crippen LogP contribution in [0.1, 0.15) is 38.1 Å². The van der Waals surface area contributed by atoms with Crippen LogP contribution in [0.4, 0.5) is 17.5 Å². The minimum atomic E-state index is 0.345. The van der Waals surface area contributed by atoms with Gasteiger partial charge in [0.1, 0.15) is 11.5 Å². The van der Waals surface area contributed by atoms with Crippen molar-refractivity contribution in [1.29, 1.82) is 0 Å². The second-order valence-electron chi connectivity index (χ2n) is 8.68. The standard InChI is InChI=1S/C24H30N8/c1-5-30-10-12-31(13-11-30)19-7-8-21(27-17(19)4)28-24-26-14-18-6-9-22-25-15-20(16(2)3)32(22)23(18)29-24/h6-9,14-16H,5,10-13H2,1-4H3,(H,26,27,28,29). The van der Waals surface area contributed by atoms with Crippen molar-refractivity contribution < 1.29 is 0 Å². The Morgan fingerprint density at radius 1 is 0.969 bits per heavy atom. The van der Waals surface area contributed by atoms with Crippen molar-refractivity contribution >= 4 is 34.1 Å². The number of aromatic nitrogens is 5. The number of fused-ring (bicyclic) bond motifs is 3. The first kappa shape index (κ1) is 20.6. The van der Waals surface area contributed by atoms with Gasteiger partial charge in [0.15, 0.2) is 5.65 Å². The molecule has 0 spiro atoms. The molecule has 0 radical (unpaired) electrons. The predicted octanol–water partition coefficient (Wildman–Crippen LogP) is 3.99. The first-order chi connectivity index (χ1) is 15.5. The third kappa shape index (κ3) is 3.75. The van der Waals surface area contributed by atoms with Gasteiger partial charge in [-0.2, -0.15) is 4.98 Å². The van der Waals surface area contributed by atoms with Gasteiger partial charge in [-0.25, -0.2) is 15.0 Å². The zero-order valence-electron chi connectivity index (χ0n) is 19.2. The maximum absolute atomic E-state index is 4.82. The second kappa shape index (κ2) is 8.35. The number of anilines is 3. The maximum atomic E-state index is 4.82. The Kier molecular flexibility index (Phi) is 5.38. The normalized spacial score (nSPS) is 15.2. The molecule has 0 aliphatic carbocycles. The summed E-state index contributed by atoms with van der Waals surface area (Å²) < 4.78 is 2.12. The van der Waals surface area contributed by atoms with Crippen LogP contribution in [0.5, 0.6) is 0 Å². The Hall–Kier alpha value is -3.26. The third-order valence-corrected chi connectivity index (χ3v) is 6.29. The van der Waals surface area contributed by atoms with Crippen LogP contribution in [0, 0.1) is 6.92 Å². The van der Waals surface area contributed by atoms with Crippen LogP contribution in [0.2, 0.25) is 0 Å². The lowest BCUT2D eigenvalue weighted by atomic mass is 10.1. The van der Waals surface area contributed by atoms with Crippen molar-refractivity contribution in [1.82, 2.24) is 29.2 Å². The number of nitrogens with one attached hydrogen (secondary N) is 1. The lowest BCUT2D eigenvalue weighted by Gasteiger charge is -2.36. The zero-order valence-corrected chi connectivity index (χ0v) is 19.2. The SMILES string of the molecule is CCN1CCN(c2ccc(Nc3ncc4ccc5ncc(C(C)C)n5c4n3)nc2C)CC1. The molecule has 5 heterocycles. The third-order valence-electron chi connectivity index (χ3n) is 6.29. The van der Waals surface area contributed by atoms with Crippen molar-refractivity contribution in [2.75, 3.05) is 42.9 Å². The summed E-state index contributed by atoms with van der Waals surface area (Å²) >= 11 is 0. The Morgan fingerprint density at radius 2 is 1.78 bits per heavy atom. The predicted molar refractivity (Wildman–Crippen MR) is 129 cm³/mol. The molecule has 0 unspecified atom stereocenters. The molecular weight excluding hydrogens is 400 g/mol. The van der Waals surface area contributed by atoms with Crippen LogP contribution in [-0.2, 0) is 0 Å². The van der Waals surface area contributed by atoms with E-state index in [1.165, 1.54) is 5.69 Å². The number of hydrogen-bond acceptors (Lipinski definition) is 7. The van der Waals surface area contributed by atoms with E-state index in [9.17, 15) is 0 Å². The van der Waals surface area contributed by atoms with Crippen molar-refractivity contribution in [3.05, 3.63) is 48.0 Å². The number of imidazole rings is 1. The average Bonchev–Trinajstić information content (AvgIpc) is 3.24. The molecule has 1 fully saturated rings. The molecule has 0 amide bonds. The Bertz CT molecular complexity index is 1250. The highest BCUT2D eigenvalue weighted by Gasteiger charge is 2.18. The Morgan fingerprint density at radius 3 is 2.50 bits per heavy atom. The fourth-order valence-corrected chi connectivity index (χ4v) is 4.42. The van der Waals surface area contributed by atoms with Crippen molar-refractivity contribution in [2.45, 2.75) is 33.6 Å². The smallest absolute Gasteiger partial charge is 0.230 e. The number of rotatable bonds is 5. The monoisotopic (exact) mass is 430 g/mol. The molecule has 1 aliphatic rings. The average molecular weight is 431 g/mol. The molecule has 5 rings (SSSR count). The van der Waals surface area contributed by atoms with Gasteiger partial charge in [-0.15, -0.1) is 0 Å². The molecular formula is C24H30N8. The van der Waals surface area contributed by atoms with Crippen LogP contribution in [0.25, 0.3) is 16.7 Å². The molecule has 166 valence electrons. The van der Waals surface area contributed by atoms with Gasteiger partial charge in [0.05, 0.1) is 11.4 Å². The minimum absolute atomic E-state index is 0.345. The van der Waals surface area contributed by atoms with Gasteiger partial charge in [0.25, 0.3) is 0 Å². The van der Waals surface area contributed by atoms with E-state index in [2.05, 4.69) is 63.2 Å². The van der Waals surface area contributed by atoms with Gasteiger partial charge in [-0.1, -0.05) is 20.8 Å². The second-order valence-corrected chi connectivity index (χ2v) is 8.68. The molecule has 4 aromatic rings. The molecule has 1 aliphatic heterocycles. The van der Waals surface area contributed by atoms with Crippen molar-refractivity contribution in [3.8, 4) is 0 Å². The molecule has 1 N–H and O–H groups in total. The van der Waals surface area contributed by atoms with Gasteiger partial charge in [0, 0.05) is 49.7 Å². The largest absolute Gasteiger partial charge is 0.368 e. The maximum Gasteiger partial charge on any atom is 0.230 e. The summed E-state index contributed by atoms with van der Waals surface area (Å²) in [7, 11) is 0. The Labute approximate surface area is 188 Å². The van der Waals surface area contributed by atoms with Crippen molar-refractivity contribution in [3.63, 3.8) is 0 Å². The Balaban J connectivity index is 1.42. The molecule has 1 saturated heterocycles. The fourth-order valence-electron chi connectivity index (χ4n) is 4.42. The highest BCUT2D eigenvalue weighted by atomic mass is 15.3. The van der Waals surface area contributed by atoms with E-state index in [1.54, 1.807) is 0 Å². The van der Waals surface area contributed by atoms with Crippen LogP contribution in [0.15, 0.2) is 36.7 Å². The molecule has 0 atom stereocenters. The fraction of sp³-hybridized carbons (Fsp3) is 0.417. The first-order valence-electron chi connectivity index (χ1n) is 11.4. The molecule has 0 aromatic carbocycles. The van der Waals surface area contributed by atoms with Crippen LogP contribution < -0.4 is 10.2 Å². The van der Waals surface area contributed by atoms with E-state index < -0.39 is 0 Å². The van der Waals surface area contributed by atoms with Crippen LogP contribution in [0.3, 0.4) is 0 Å². The van der Waals surface area contributed by atoms with E-state index in [4.69, 9.17) is 9.97 Å². The van der Waals surface area contributed by atoms with Gasteiger partial charge < -0.3 is 15.1 Å². The van der Waals surface area contributed by atoms with E-state index in [0.29, 0.717) is 11.9 Å². The summed E-state index contributed by atoms with van der Waals surface area (Å²) in [5.41, 5.74) is 5.10. The lowest BCUT2D eigenvalue weighted by molar-refractivity contribution is 0.271. The number of pyridine rings is 2. The molecule has 32 heavy (non-hydrogen) atoms. The number of piperazine rings is 1. The highest BCUT2D eigenvalue weighted by Crippen LogP contribution is 2.25. The zero-order chi connectivity index (χ0) is 22.2. The summed E-state index contributed by atoms with van der Waals surface area (Å²) in [6.07, 6.45) is 3.78. The summed E-state index contributed by atoms with van der Waals surface area (Å²) in [5.74, 6) is 1.63. The van der Waals surface area contributed by atoms with E-state index in [1.807, 2.05) is 30.6 Å². The van der Waals surface area contributed by atoms with E-state index >= 15 is 0 Å². The molecule has 8 heteroatoms. The number of nitrogens with zero attached hydrogens (tertiary/aromatic N) is 7. The number of aryl methyl sites for hydroxylation is 1. The quantitative estimate of drug-likeness (QED) is 0.513.